The van der Waals surface area contributed by atoms with E-state index >= 15 is 0 Å². The van der Waals surface area contributed by atoms with E-state index in [1.54, 1.807) is 20.0 Å². The number of rotatable bonds is 13. The summed E-state index contributed by atoms with van der Waals surface area (Å²) in [5.41, 5.74) is 12.2. The first-order valence-corrected chi connectivity index (χ1v) is 11.2. The zero-order valence-electron chi connectivity index (χ0n) is 19.7. The van der Waals surface area contributed by atoms with Gasteiger partial charge in [-0.1, -0.05) is 32.0 Å². The molecule has 0 saturated heterocycles. The third kappa shape index (κ3) is 8.10. The van der Waals surface area contributed by atoms with Gasteiger partial charge in [-0.2, -0.15) is 0 Å². The molecule has 3 atom stereocenters. The van der Waals surface area contributed by atoms with E-state index in [1.807, 2.05) is 24.3 Å². The van der Waals surface area contributed by atoms with Crippen LogP contribution in [0.25, 0.3) is 10.9 Å². The lowest BCUT2D eigenvalue weighted by Crippen LogP contribution is -2.57. The first-order chi connectivity index (χ1) is 16.5. The Morgan fingerprint density at radius 3 is 2.20 bits per heavy atom. The van der Waals surface area contributed by atoms with Gasteiger partial charge in [0.25, 0.3) is 0 Å². The topological polar surface area (TPSA) is 209 Å². The zero-order valence-corrected chi connectivity index (χ0v) is 19.7. The molecule has 3 unspecified atom stereocenters. The number of carbonyl (C=O) groups is 5. The highest BCUT2D eigenvalue weighted by Gasteiger charge is 2.31. The zero-order chi connectivity index (χ0) is 26.1. The Morgan fingerprint density at radius 1 is 0.971 bits per heavy atom. The number of fused-ring (bicyclic) bond motifs is 1. The summed E-state index contributed by atoms with van der Waals surface area (Å²) in [5.74, 6) is -4.38. The number of aliphatic carboxylic acids is 1. The Bertz CT molecular complexity index is 1080. The summed E-state index contributed by atoms with van der Waals surface area (Å²) in [7, 11) is 0. The lowest BCUT2D eigenvalue weighted by atomic mass is 10.0. The average molecular weight is 489 g/mol. The van der Waals surface area contributed by atoms with Gasteiger partial charge in [-0.25, -0.2) is 4.79 Å². The smallest absolute Gasteiger partial charge is 0.326 e. The number of para-hydroxylation sites is 1. The summed E-state index contributed by atoms with van der Waals surface area (Å²) in [5, 5.41) is 17.5. The van der Waals surface area contributed by atoms with Crippen LogP contribution in [0.15, 0.2) is 30.5 Å². The van der Waals surface area contributed by atoms with Crippen LogP contribution >= 0.6 is 0 Å². The summed E-state index contributed by atoms with van der Waals surface area (Å²) in [6.07, 6.45) is 1.36. The van der Waals surface area contributed by atoms with Crippen molar-refractivity contribution in [3.63, 3.8) is 0 Å². The highest BCUT2D eigenvalue weighted by atomic mass is 16.4. The number of carboxylic acids is 1. The predicted molar refractivity (Wildman–Crippen MR) is 128 cm³/mol. The molecule has 1 heterocycles. The number of H-pyrrole nitrogens is 1. The number of aromatic nitrogens is 1. The number of nitrogens with one attached hydrogen (secondary N) is 4. The molecular weight excluding hydrogens is 456 g/mol. The van der Waals surface area contributed by atoms with Gasteiger partial charge in [0.1, 0.15) is 18.1 Å². The van der Waals surface area contributed by atoms with Gasteiger partial charge in [0.05, 0.1) is 13.0 Å². The van der Waals surface area contributed by atoms with Crippen LogP contribution in [0.3, 0.4) is 0 Å². The van der Waals surface area contributed by atoms with Crippen molar-refractivity contribution in [2.45, 2.75) is 51.2 Å². The lowest BCUT2D eigenvalue weighted by molar-refractivity contribution is -0.143. The molecule has 12 heteroatoms. The van der Waals surface area contributed by atoms with Crippen molar-refractivity contribution in [2.24, 2.45) is 17.4 Å². The molecule has 4 amide bonds. The first kappa shape index (κ1) is 27.3. The number of carboxylic acid groups (broad SMARTS) is 1. The van der Waals surface area contributed by atoms with Crippen molar-refractivity contribution in [3.8, 4) is 0 Å². The number of aromatic amines is 1. The molecule has 190 valence electrons. The van der Waals surface area contributed by atoms with E-state index in [9.17, 15) is 29.1 Å². The second kappa shape index (κ2) is 12.5. The fourth-order valence-corrected chi connectivity index (χ4v) is 3.63. The van der Waals surface area contributed by atoms with Crippen LogP contribution < -0.4 is 27.4 Å². The Hall–Kier alpha value is -3.93. The third-order valence-corrected chi connectivity index (χ3v) is 5.30. The van der Waals surface area contributed by atoms with Gasteiger partial charge in [0, 0.05) is 23.5 Å². The number of hydrogen-bond donors (Lipinski definition) is 7. The molecule has 0 fully saturated rings. The molecule has 0 aliphatic carbocycles. The molecule has 0 saturated carbocycles. The molecule has 2 aromatic rings. The Morgan fingerprint density at radius 2 is 1.60 bits per heavy atom. The van der Waals surface area contributed by atoms with Crippen molar-refractivity contribution < 1.29 is 29.1 Å². The summed E-state index contributed by atoms with van der Waals surface area (Å²) in [6.45, 7) is 3.22. The molecular formula is C23H32N6O6. The van der Waals surface area contributed by atoms with Gasteiger partial charge in [-0.3, -0.25) is 19.2 Å². The highest BCUT2D eigenvalue weighted by Crippen LogP contribution is 2.19. The van der Waals surface area contributed by atoms with Crippen LogP contribution in [0.5, 0.6) is 0 Å². The summed E-state index contributed by atoms with van der Waals surface area (Å²) < 4.78 is 0. The first-order valence-electron chi connectivity index (χ1n) is 11.2. The molecule has 0 radical (unpaired) electrons. The van der Waals surface area contributed by atoms with Crippen molar-refractivity contribution in [3.05, 3.63) is 36.0 Å². The van der Waals surface area contributed by atoms with Crippen LogP contribution in [0.2, 0.25) is 0 Å². The minimum absolute atomic E-state index is 0.0346. The van der Waals surface area contributed by atoms with Gasteiger partial charge in [-0.05, 0) is 24.0 Å². The monoisotopic (exact) mass is 488 g/mol. The maximum Gasteiger partial charge on any atom is 0.326 e. The standard InChI is InChI=1S/C23H32N6O6/c1-12(2)7-18(23(34)35)29-22(33)17(9-19(25)30)28-21(32)16(27-20(31)10-24)8-13-11-26-15-6-4-3-5-14(13)15/h3-6,11-12,16-18,26H,7-10,24H2,1-2H3,(H2,25,30)(H,27,31)(H,28,32)(H,29,33)(H,34,35). The van der Waals surface area contributed by atoms with Crippen LogP contribution in [0.1, 0.15) is 32.3 Å². The molecule has 35 heavy (non-hydrogen) atoms. The third-order valence-electron chi connectivity index (χ3n) is 5.30. The van der Waals surface area contributed by atoms with Crippen LogP contribution in [-0.2, 0) is 30.4 Å². The number of carbonyl (C=O) groups excluding carboxylic acids is 4. The lowest BCUT2D eigenvalue weighted by Gasteiger charge is -2.24. The summed E-state index contributed by atoms with van der Waals surface area (Å²) >= 11 is 0. The largest absolute Gasteiger partial charge is 0.480 e. The molecule has 0 bridgehead atoms. The Balaban J connectivity index is 2.24. The molecule has 1 aromatic heterocycles. The molecule has 9 N–H and O–H groups in total. The van der Waals surface area contributed by atoms with Crippen molar-refractivity contribution >= 4 is 40.5 Å². The van der Waals surface area contributed by atoms with Crippen molar-refractivity contribution in [1.82, 2.24) is 20.9 Å². The van der Waals surface area contributed by atoms with Crippen LogP contribution in [-0.4, -0.2) is 64.4 Å². The van der Waals surface area contributed by atoms with Gasteiger partial charge in [-0.15, -0.1) is 0 Å². The second-order valence-electron chi connectivity index (χ2n) is 8.65. The Kier molecular flexibility index (Phi) is 9.76. The number of primary amides is 1. The van der Waals surface area contributed by atoms with Crippen LogP contribution in [0.4, 0.5) is 0 Å². The molecule has 0 aliphatic heterocycles. The van der Waals surface area contributed by atoms with E-state index < -0.39 is 54.1 Å². The van der Waals surface area contributed by atoms with E-state index in [1.165, 1.54) is 0 Å². The van der Waals surface area contributed by atoms with Crippen molar-refractivity contribution in [2.75, 3.05) is 6.54 Å². The fraction of sp³-hybridized carbons (Fsp3) is 0.435. The molecule has 12 nitrogen and oxygen atoms in total. The fourth-order valence-electron chi connectivity index (χ4n) is 3.63. The summed E-state index contributed by atoms with van der Waals surface area (Å²) in [6, 6.07) is 3.61. The normalized spacial score (nSPS) is 13.6. The minimum atomic E-state index is -1.44. The molecule has 1 aromatic carbocycles. The number of benzene rings is 1. The van der Waals surface area contributed by atoms with Gasteiger partial charge in [0.15, 0.2) is 0 Å². The number of hydrogen-bond acceptors (Lipinski definition) is 6. The molecule has 0 aliphatic rings. The Labute approximate surface area is 202 Å². The predicted octanol–water partition coefficient (Wildman–Crippen LogP) is -0.870. The maximum absolute atomic E-state index is 13.1. The summed E-state index contributed by atoms with van der Waals surface area (Å²) in [4.78, 5) is 64.1. The molecule has 2 rings (SSSR count). The number of amides is 4. The minimum Gasteiger partial charge on any atom is -0.480 e. The van der Waals surface area contributed by atoms with Gasteiger partial charge in [0.2, 0.25) is 23.6 Å². The quantitative estimate of drug-likeness (QED) is 0.189. The van der Waals surface area contributed by atoms with Crippen molar-refractivity contribution in [1.29, 1.82) is 0 Å². The maximum atomic E-state index is 13.1. The van der Waals surface area contributed by atoms with Gasteiger partial charge < -0.3 is 37.5 Å². The number of nitrogens with two attached hydrogens (primary N) is 2. The van der Waals surface area contributed by atoms with Gasteiger partial charge >= 0.3 is 5.97 Å². The van der Waals surface area contributed by atoms with E-state index in [0.29, 0.717) is 0 Å². The molecule has 0 spiro atoms. The SMILES string of the molecule is CC(C)CC(NC(=O)C(CC(N)=O)NC(=O)C(Cc1c[nH]c2ccccc12)NC(=O)CN)C(=O)O. The highest BCUT2D eigenvalue weighted by molar-refractivity contribution is 5.96. The van der Waals surface area contributed by atoms with E-state index in [0.717, 1.165) is 16.5 Å². The van der Waals surface area contributed by atoms with E-state index in [-0.39, 0.29) is 25.3 Å². The second-order valence-corrected chi connectivity index (χ2v) is 8.65. The van der Waals surface area contributed by atoms with E-state index in [2.05, 4.69) is 20.9 Å². The average Bonchev–Trinajstić information content (AvgIpc) is 3.19. The van der Waals surface area contributed by atoms with E-state index in [4.69, 9.17) is 11.5 Å². The van der Waals surface area contributed by atoms with Crippen LogP contribution in [0, 0.1) is 5.92 Å².